The minimum Gasteiger partial charge on any atom is -0.321 e. The number of nitrogens with zero attached hydrogens (tertiary/aromatic N) is 1. The number of rotatable bonds is 2. The Morgan fingerprint density at radius 3 is 2.85 bits per heavy atom. The standard InChI is InChI=1S/C8H11N3OS/c1-13-7-10-4-5(6(12)11-7)8(9)2-3-8/h4H,2-3,9H2,1H3,(H,10,11,12). The van der Waals surface area contributed by atoms with Gasteiger partial charge >= 0.3 is 0 Å². The van der Waals surface area contributed by atoms with Crippen LogP contribution in [-0.4, -0.2) is 16.2 Å². The maximum absolute atomic E-state index is 11.5. The zero-order chi connectivity index (χ0) is 9.47. The maximum Gasteiger partial charge on any atom is 0.256 e. The van der Waals surface area contributed by atoms with E-state index in [1.165, 1.54) is 11.8 Å². The van der Waals surface area contributed by atoms with Crippen LogP contribution in [0.5, 0.6) is 0 Å². The molecule has 0 saturated heterocycles. The summed E-state index contributed by atoms with van der Waals surface area (Å²) in [6, 6.07) is 0. The highest BCUT2D eigenvalue weighted by atomic mass is 32.2. The first-order valence-corrected chi connectivity index (χ1v) is 5.31. The van der Waals surface area contributed by atoms with Gasteiger partial charge in [0.05, 0.1) is 5.56 Å². The fraction of sp³-hybridized carbons (Fsp3) is 0.500. The Morgan fingerprint density at radius 2 is 2.38 bits per heavy atom. The molecule has 0 aromatic carbocycles. The van der Waals surface area contributed by atoms with Crippen molar-refractivity contribution in [2.24, 2.45) is 5.73 Å². The smallest absolute Gasteiger partial charge is 0.256 e. The highest BCUT2D eigenvalue weighted by Crippen LogP contribution is 2.40. The second-order valence-electron chi connectivity index (χ2n) is 3.29. The molecule has 0 atom stereocenters. The lowest BCUT2D eigenvalue weighted by molar-refractivity contribution is 0.705. The molecule has 4 nitrogen and oxygen atoms in total. The fourth-order valence-corrected chi connectivity index (χ4v) is 1.59. The average molecular weight is 197 g/mol. The molecule has 0 radical (unpaired) electrons. The number of hydrogen-bond donors (Lipinski definition) is 2. The van der Waals surface area contributed by atoms with Crippen LogP contribution in [0.2, 0.25) is 0 Å². The van der Waals surface area contributed by atoms with Crippen LogP contribution in [0.25, 0.3) is 0 Å². The monoisotopic (exact) mass is 197 g/mol. The number of nitrogens with two attached hydrogens (primary N) is 1. The molecule has 1 fully saturated rings. The van der Waals surface area contributed by atoms with Gasteiger partial charge in [0.15, 0.2) is 5.16 Å². The number of aromatic nitrogens is 2. The predicted octanol–water partition coefficient (Wildman–Crippen LogP) is 0.440. The molecule has 1 heterocycles. The van der Waals surface area contributed by atoms with E-state index in [9.17, 15) is 4.79 Å². The Balaban J connectivity index is 2.44. The number of H-pyrrole nitrogens is 1. The van der Waals surface area contributed by atoms with Gasteiger partial charge in [-0.1, -0.05) is 11.8 Å². The molecule has 1 aromatic heterocycles. The van der Waals surface area contributed by atoms with E-state index in [0.717, 1.165) is 12.8 Å². The van der Waals surface area contributed by atoms with Gasteiger partial charge < -0.3 is 10.7 Å². The Hall–Kier alpha value is -0.810. The molecule has 0 spiro atoms. The highest BCUT2D eigenvalue weighted by Gasteiger charge is 2.42. The first-order valence-electron chi connectivity index (χ1n) is 4.08. The largest absolute Gasteiger partial charge is 0.321 e. The normalized spacial score (nSPS) is 18.6. The second kappa shape index (κ2) is 2.85. The molecule has 13 heavy (non-hydrogen) atoms. The summed E-state index contributed by atoms with van der Waals surface area (Å²) < 4.78 is 0. The van der Waals surface area contributed by atoms with Crippen LogP contribution in [0.15, 0.2) is 16.1 Å². The van der Waals surface area contributed by atoms with Crippen molar-refractivity contribution in [3.8, 4) is 0 Å². The van der Waals surface area contributed by atoms with Gasteiger partial charge in [0, 0.05) is 11.7 Å². The third kappa shape index (κ3) is 1.49. The second-order valence-corrected chi connectivity index (χ2v) is 4.09. The first kappa shape index (κ1) is 8.77. The molecule has 5 heteroatoms. The molecule has 0 amide bonds. The van der Waals surface area contributed by atoms with Crippen molar-refractivity contribution in [3.63, 3.8) is 0 Å². The van der Waals surface area contributed by atoms with Crippen molar-refractivity contribution in [1.82, 2.24) is 9.97 Å². The van der Waals surface area contributed by atoms with Crippen LogP contribution in [0.3, 0.4) is 0 Å². The van der Waals surface area contributed by atoms with Crippen LogP contribution in [-0.2, 0) is 5.54 Å². The third-order valence-electron chi connectivity index (χ3n) is 2.29. The molecule has 1 aliphatic rings. The molecule has 3 N–H and O–H groups in total. The SMILES string of the molecule is CSc1ncc(C2(N)CC2)c(=O)[nH]1. The van der Waals surface area contributed by atoms with Gasteiger partial charge in [-0.05, 0) is 19.1 Å². The molecule has 0 unspecified atom stereocenters. The van der Waals surface area contributed by atoms with E-state index in [1.807, 2.05) is 6.26 Å². The molecule has 0 bridgehead atoms. The van der Waals surface area contributed by atoms with Crippen LogP contribution in [0.1, 0.15) is 18.4 Å². The van der Waals surface area contributed by atoms with E-state index in [1.54, 1.807) is 6.20 Å². The van der Waals surface area contributed by atoms with Gasteiger partial charge in [-0.25, -0.2) is 4.98 Å². The molecule has 2 rings (SSSR count). The molecule has 1 aliphatic carbocycles. The predicted molar refractivity (Wildman–Crippen MR) is 51.7 cm³/mol. The summed E-state index contributed by atoms with van der Waals surface area (Å²) in [5, 5.41) is 0.637. The fourth-order valence-electron chi connectivity index (χ4n) is 1.24. The van der Waals surface area contributed by atoms with E-state index in [2.05, 4.69) is 9.97 Å². The summed E-state index contributed by atoms with van der Waals surface area (Å²) in [5.41, 5.74) is 6.02. The maximum atomic E-state index is 11.5. The molecule has 70 valence electrons. The van der Waals surface area contributed by atoms with Gasteiger partial charge in [-0.2, -0.15) is 0 Å². The van der Waals surface area contributed by atoms with Gasteiger partial charge in [0.1, 0.15) is 0 Å². The van der Waals surface area contributed by atoms with E-state index in [-0.39, 0.29) is 5.56 Å². The topological polar surface area (TPSA) is 71.8 Å². The summed E-state index contributed by atoms with van der Waals surface area (Å²) in [6.07, 6.45) is 5.23. The van der Waals surface area contributed by atoms with Crippen molar-refractivity contribution in [2.45, 2.75) is 23.5 Å². The van der Waals surface area contributed by atoms with E-state index < -0.39 is 5.54 Å². The zero-order valence-corrected chi connectivity index (χ0v) is 8.15. The summed E-state index contributed by atoms with van der Waals surface area (Å²) in [4.78, 5) is 18.3. The molecule has 1 saturated carbocycles. The third-order valence-corrected chi connectivity index (χ3v) is 2.89. The molecular weight excluding hydrogens is 186 g/mol. The lowest BCUT2D eigenvalue weighted by Crippen LogP contribution is -2.28. The van der Waals surface area contributed by atoms with Crippen molar-refractivity contribution < 1.29 is 0 Å². The molecule has 0 aliphatic heterocycles. The van der Waals surface area contributed by atoms with E-state index in [4.69, 9.17) is 5.73 Å². The summed E-state index contributed by atoms with van der Waals surface area (Å²) >= 11 is 1.42. The van der Waals surface area contributed by atoms with Crippen LogP contribution in [0.4, 0.5) is 0 Å². The number of nitrogens with one attached hydrogen (secondary N) is 1. The van der Waals surface area contributed by atoms with Crippen molar-refractivity contribution in [3.05, 3.63) is 22.1 Å². The average Bonchev–Trinajstić information content (AvgIpc) is 2.84. The van der Waals surface area contributed by atoms with Crippen molar-refractivity contribution in [1.29, 1.82) is 0 Å². The number of hydrogen-bond acceptors (Lipinski definition) is 4. The minimum atomic E-state index is -0.391. The highest BCUT2D eigenvalue weighted by molar-refractivity contribution is 7.98. The first-order chi connectivity index (χ1) is 6.15. The number of aromatic amines is 1. The lowest BCUT2D eigenvalue weighted by atomic mass is 10.1. The molecular formula is C8H11N3OS. The van der Waals surface area contributed by atoms with Crippen LogP contribution in [0, 0.1) is 0 Å². The lowest BCUT2D eigenvalue weighted by Gasteiger charge is -2.06. The summed E-state index contributed by atoms with van der Waals surface area (Å²) in [6.45, 7) is 0. The summed E-state index contributed by atoms with van der Waals surface area (Å²) in [5.74, 6) is 0. The van der Waals surface area contributed by atoms with Crippen molar-refractivity contribution >= 4 is 11.8 Å². The van der Waals surface area contributed by atoms with Gasteiger partial charge in [0.2, 0.25) is 0 Å². The van der Waals surface area contributed by atoms with Crippen LogP contribution >= 0.6 is 11.8 Å². The summed E-state index contributed by atoms with van der Waals surface area (Å²) in [7, 11) is 0. The van der Waals surface area contributed by atoms with Gasteiger partial charge in [-0.3, -0.25) is 4.79 Å². The molecule has 1 aromatic rings. The van der Waals surface area contributed by atoms with Crippen molar-refractivity contribution in [2.75, 3.05) is 6.26 Å². The van der Waals surface area contributed by atoms with E-state index >= 15 is 0 Å². The Morgan fingerprint density at radius 1 is 1.69 bits per heavy atom. The van der Waals surface area contributed by atoms with Gasteiger partial charge in [0.25, 0.3) is 5.56 Å². The van der Waals surface area contributed by atoms with Gasteiger partial charge in [-0.15, -0.1) is 0 Å². The van der Waals surface area contributed by atoms with E-state index in [0.29, 0.717) is 10.7 Å². The quantitative estimate of drug-likeness (QED) is 0.533. The Bertz CT molecular complexity index is 383. The number of thioether (sulfide) groups is 1. The zero-order valence-electron chi connectivity index (χ0n) is 7.33. The Kier molecular flexibility index (Phi) is 1.92. The Labute approximate surface area is 79.9 Å². The minimum absolute atomic E-state index is 0.0978. The van der Waals surface area contributed by atoms with Crippen LogP contribution < -0.4 is 11.3 Å².